The summed E-state index contributed by atoms with van der Waals surface area (Å²) < 4.78 is 0. The summed E-state index contributed by atoms with van der Waals surface area (Å²) in [6, 6.07) is 10.1. The third kappa shape index (κ3) is 52.1. The van der Waals surface area contributed by atoms with E-state index in [0.29, 0.717) is 0 Å². The molecule has 192 valence electrons. The average molecular weight is 578 g/mol. The first-order chi connectivity index (χ1) is 11.8. The van der Waals surface area contributed by atoms with Gasteiger partial charge in [-0.3, -0.25) is 6.08 Å². The Hall–Kier alpha value is -0.0800. The summed E-state index contributed by atoms with van der Waals surface area (Å²) in [4.78, 5) is 2.99. The zero-order valence-electron chi connectivity index (χ0n) is 22.6. The molecule has 0 aliphatic heterocycles. The topological polar surface area (TPSA) is 15.8 Å². The van der Waals surface area contributed by atoms with E-state index in [2.05, 4.69) is 84.0 Å². The number of aromatic amines is 1. The zero-order valence-corrected chi connectivity index (χ0v) is 27.7. The SMILES string of the molecule is C[C-](C)C.C[C-](C)C.C[Si]C.Cl.Cl.[C-]1=CC=CC1.[CH3-].[CH3-].[CH3-].[CH3-].[Zr].[c-]1cc2ccccc2[nH]1. The predicted molar refractivity (Wildman–Crippen MR) is 157 cm³/mol. The van der Waals surface area contributed by atoms with Crippen LogP contribution in [0.25, 0.3) is 10.9 Å². The Kier molecular flexibility index (Phi) is 80.9. The zero-order chi connectivity index (χ0) is 19.5. The fraction of sp³-hybridized carbons (Fsp3) is 0.333. The molecule has 1 N–H and O–H groups in total. The number of allylic oxidation sites excluding steroid dienone is 4. The Bertz CT molecular complexity index is 516. The Morgan fingerprint density at radius 2 is 1.25 bits per heavy atom. The Balaban J connectivity index is -0.0000000297. The predicted octanol–water partition coefficient (Wildman–Crippen LogP) is 9.94. The molecule has 0 atom stereocenters. The number of aromatic nitrogens is 1. The fourth-order valence-electron chi connectivity index (χ4n) is 1.27. The Morgan fingerprint density at radius 1 is 0.844 bits per heavy atom. The van der Waals surface area contributed by atoms with Crippen molar-refractivity contribution in [1.82, 2.24) is 4.98 Å². The van der Waals surface area contributed by atoms with E-state index in [0.717, 1.165) is 21.5 Å². The number of benzene rings is 1. The van der Waals surface area contributed by atoms with Gasteiger partial charge in [-0.25, -0.2) is 12.2 Å². The van der Waals surface area contributed by atoms with Crippen molar-refractivity contribution in [2.45, 2.75) is 61.1 Å². The first kappa shape index (κ1) is 58.1. The molecule has 0 spiro atoms. The van der Waals surface area contributed by atoms with Crippen LogP contribution >= 0.6 is 24.8 Å². The molecule has 1 aliphatic rings. The van der Waals surface area contributed by atoms with Gasteiger partial charge in [-0.2, -0.15) is 59.1 Å². The molecule has 0 fully saturated rings. The van der Waals surface area contributed by atoms with Crippen LogP contribution in [0.5, 0.6) is 0 Å². The Labute approximate surface area is 238 Å². The molecule has 0 saturated carbocycles. The molecule has 3 rings (SSSR count). The second kappa shape index (κ2) is 44.6. The van der Waals surface area contributed by atoms with Crippen LogP contribution in [-0.4, -0.2) is 14.5 Å². The van der Waals surface area contributed by atoms with Crippen molar-refractivity contribution in [3.8, 4) is 0 Å². The van der Waals surface area contributed by atoms with Crippen LogP contribution in [0.4, 0.5) is 0 Å². The molecule has 0 saturated heterocycles. The number of para-hydroxylation sites is 1. The van der Waals surface area contributed by atoms with Gasteiger partial charge in [0, 0.05) is 35.7 Å². The summed E-state index contributed by atoms with van der Waals surface area (Å²) in [6.45, 7) is 16.8. The van der Waals surface area contributed by atoms with Gasteiger partial charge >= 0.3 is 0 Å². The average Bonchev–Trinajstić information content (AvgIpc) is 3.22. The van der Waals surface area contributed by atoms with Gasteiger partial charge in [0.1, 0.15) is 0 Å². The van der Waals surface area contributed by atoms with Crippen molar-refractivity contribution in [2.75, 3.05) is 0 Å². The summed E-state index contributed by atoms with van der Waals surface area (Å²) in [5, 5.41) is 1.22. The normalized spacial score (nSPS) is 8.44. The van der Waals surface area contributed by atoms with Crippen LogP contribution in [0.15, 0.2) is 48.6 Å². The molecule has 5 heteroatoms. The molecule has 0 bridgehead atoms. The molecule has 1 nitrogen and oxygen atoms in total. The van der Waals surface area contributed by atoms with Gasteiger partial charge in [-0.05, 0) is 0 Å². The number of halogens is 2. The largest absolute Gasteiger partial charge is 0.477 e. The van der Waals surface area contributed by atoms with Crippen LogP contribution in [0, 0.1) is 53.8 Å². The second-order valence-electron chi connectivity index (χ2n) is 6.50. The van der Waals surface area contributed by atoms with Crippen molar-refractivity contribution < 1.29 is 26.2 Å². The van der Waals surface area contributed by atoms with Crippen molar-refractivity contribution in [3.05, 3.63) is 102 Å². The molecule has 2 radical (unpaired) electrons. The third-order valence-electron chi connectivity index (χ3n) is 1.98. The summed E-state index contributed by atoms with van der Waals surface area (Å²) in [6.07, 6.45) is 12.9. The maximum absolute atomic E-state index is 2.99. The van der Waals surface area contributed by atoms with E-state index in [9.17, 15) is 0 Å². The molecule has 32 heavy (non-hydrogen) atoms. The number of hydrogen-bond donors (Lipinski definition) is 1. The van der Waals surface area contributed by atoms with Crippen molar-refractivity contribution in [3.63, 3.8) is 0 Å². The second-order valence-corrected chi connectivity index (χ2v) is 7.50. The number of fused-ring (bicyclic) bond motifs is 1. The standard InChI is InChI=1S/C8H6N.C5H5.2C4H9.C2H6Si.4CH3.2ClH.Zr/c1-2-4-8-7(3-1)5-6-9-8;1-2-4-5-3-1;2*1-4(2)3;1-3-2;;;;;;;/h1-5,9H;1-3H,4H2;2*1-3H3;1-2H3;4*1H3;2*1H;/q4*-1;;4*-1;;;. The molecule has 1 aromatic carbocycles. The number of hydrogen-bond acceptors (Lipinski definition) is 0. The molecule has 1 aliphatic carbocycles. The van der Waals surface area contributed by atoms with Crippen LogP contribution in [0.2, 0.25) is 13.1 Å². The van der Waals surface area contributed by atoms with E-state index in [1.807, 2.05) is 36.4 Å². The number of H-pyrrole nitrogens is 1. The quantitative estimate of drug-likeness (QED) is 0.237. The van der Waals surface area contributed by atoms with E-state index < -0.39 is 0 Å². The summed E-state index contributed by atoms with van der Waals surface area (Å²) in [5.41, 5.74) is 1.15. The monoisotopic (exact) mass is 575 g/mol. The molecule has 2 aromatic rings. The van der Waals surface area contributed by atoms with Gasteiger partial charge in [0.25, 0.3) is 0 Å². The van der Waals surface area contributed by atoms with Crippen molar-refractivity contribution in [1.29, 1.82) is 0 Å². The van der Waals surface area contributed by atoms with Gasteiger partial charge in [-0.1, -0.05) is 25.2 Å². The van der Waals surface area contributed by atoms with Gasteiger partial charge in [0.15, 0.2) is 0 Å². The first-order valence-electron chi connectivity index (χ1n) is 8.62. The van der Waals surface area contributed by atoms with E-state index in [1.165, 1.54) is 17.2 Å². The van der Waals surface area contributed by atoms with Crippen molar-refractivity contribution in [2.24, 2.45) is 0 Å². The first-order valence-corrected chi connectivity index (χ1v) is 10.6. The van der Waals surface area contributed by atoms with E-state index in [1.54, 1.807) is 0 Å². The Morgan fingerprint density at radius 3 is 1.53 bits per heavy atom. The molecular formula is C27H49Cl2NSiZr-8. The van der Waals surface area contributed by atoms with Crippen LogP contribution < -0.4 is 0 Å². The maximum atomic E-state index is 2.99. The number of nitrogens with one attached hydrogen (secondary N) is 1. The minimum absolute atomic E-state index is 0. The fourth-order valence-corrected chi connectivity index (χ4v) is 1.27. The van der Waals surface area contributed by atoms with Gasteiger partial charge in [0.05, 0.1) is 0 Å². The molecular weight excluding hydrogens is 529 g/mol. The minimum atomic E-state index is 0. The minimum Gasteiger partial charge on any atom is -0.477 e. The van der Waals surface area contributed by atoms with Crippen LogP contribution in [0.1, 0.15) is 48.0 Å². The van der Waals surface area contributed by atoms with Crippen LogP contribution in [0.3, 0.4) is 0 Å². The van der Waals surface area contributed by atoms with E-state index in [-0.39, 0.29) is 80.7 Å². The van der Waals surface area contributed by atoms with Gasteiger partial charge in [0.2, 0.25) is 0 Å². The van der Waals surface area contributed by atoms with Crippen LogP contribution in [-0.2, 0) is 26.2 Å². The molecule has 1 aromatic heterocycles. The third-order valence-corrected chi connectivity index (χ3v) is 1.98. The molecule has 0 amide bonds. The van der Waals surface area contributed by atoms with Crippen molar-refractivity contribution >= 4 is 45.2 Å². The summed E-state index contributed by atoms with van der Waals surface area (Å²) in [5.74, 6) is 2.83. The summed E-state index contributed by atoms with van der Waals surface area (Å²) >= 11 is 0. The maximum Gasteiger partial charge on any atom is 0.0307 e. The summed E-state index contributed by atoms with van der Waals surface area (Å²) in [7, 11) is 1.08. The molecule has 0 unspecified atom stereocenters. The smallest absolute Gasteiger partial charge is 0.0307 e. The molecule has 1 heterocycles. The van der Waals surface area contributed by atoms with Gasteiger partial charge < -0.3 is 46.5 Å². The van der Waals surface area contributed by atoms with E-state index >= 15 is 0 Å². The van der Waals surface area contributed by atoms with Gasteiger partial charge in [-0.15, -0.1) is 55.1 Å². The van der Waals surface area contributed by atoms with E-state index in [4.69, 9.17) is 0 Å². The number of rotatable bonds is 0.